The number of rotatable bonds is 4. The van der Waals surface area contributed by atoms with Crippen LogP contribution in [-0.4, -0.2) is 38.0 Å². The molecule has 0 spiro atoms. The zero-order chi connectivity index (χ0) is 12.1. The Hall–Kier alpha value is -1.49. The SMILES string of the molecule is CNCCN(C)C(=O)c1ccc(F)c(F)c1. The van der Waals surface area contributed by atoms with Crippen LogP contribution in [0.15, 0.2) is 18.2 Å². The molecule has 0 unspecified atom stereocenters. The van der Waals surface area contributed by atoms with Crippen LogP contribution in [-0.2, 0) is 0 Å². The zero-order valence-corrected chi connectivity index (χ0v) is 9.26. The molecule has 1 N–H and O–H groups in total. The first-order chi connectivity index (χ1) is 7.56. The van der Waals surface area contributed by atoms with Crippen LogP contribution >= 0.6 is 0 Å². The van der Waals surface area contributed by atoms with Gasteiger partial charge in [-0.1, -0.05) is 0 Å². The van der Waals surface area contributed by atoms with E-state index in [1.54, 1.807) is 14.1 Å². The average molecular weight is 228 g/mol. The number of carbonyl (C=O) groups is 1. The van der Waals surface area contributed by atoms with Crippen molar-refractivity contribution in [2.75, 3.05) is 27.2 Å². The second-order valence-corrected chi connectivity index (χ2v) is 3.46. The van der Waals surface area contributed by atoms with Crippen LogP contribution in [0.4, 0.5) is 8.78 Å². The molecule has 1 rings (SSSR count). The highest BCUT2D eigenvalue weighted by molar-refractivity contribution is 5.94. The normalized spacial score (nSPS) is 10.2. The summed E-state index contributed by atoms with van der Waals surface area (Å²) in [7, 11) is 3.39. The molecule has 0 atom stereocenters. The molecule has 88 valence electrons. The van der Waals surface area contributed by atoms with Crippen molar-refractivity contribution in [1.29, 1.82) is 0 Å². The summed E-state index contributed by atoms with van der Waals surface area (Å²) >= 11 is 0. The Kier molecular flexibility index (Phi) is 4.37. The summed E-state index contributed by atoms with van der Waals surface area (Å²) in [4.78, 5) is 13.2. The van der Waals surface area contributed by atoms with E-state index in [4.69, 9.17) is 0 Å². The Morgan fingerprint density at radius 2 is 2.06 bits per heavy atom. The van der Waals surface area contributed by atoms with Gasteiger partial charge in [0.05, 0.1) is 0 Å². The van der Waals surface area contributed by atoms with E-state index in [0.29, 0.717) is 13.1 Å². The lowest BCUT2D eigenvalue weighted by molar-refractivity contribution is 0.0796. The number of likely N-dealkylation sites (N-methyl/N-ethyl adjacent to an activating group) is 2. The molecule has 0 aliphatic heterocycles. The predicted octanol–water partition coefficient (Wildman–Crippen LogP) is 1.26. The van der Waals surface area contributed by atoms with Crippen molar-refractivity contribution in [1.82, 2.24) is 10.2 Å². The highest BCUT2D eigenvalue weighted by atomic mass is 19.2. The van der Waals surface area contributed by atoms with Crippen molar-refractivity contribution < 1.29 is 13.6 Å². The number of benzene rings is 1. The Bertz CT molecular complexity index is 382. The molecule has 0 saturated heterocycles. The van der Waals surface area contributed by atoms with Gasteiger partial charge in [-0.15, -0.1) is 0 Å². The summed E-state index contributed by atoms with van der Waals surface area (Å²) in [6.45, 7) is 1.15. The van der Waals surface area contributed by atoms with Gasteiger partial charge in [-0.2, -0.15) is 0 Å². The maximum absolute atomic E-state index is 12.9. The Morgan fingerprint density at radius 1 is 1.38 bits per heavy atom. The molecule has 1 aromatic carbocycles. The molecule has 0 aliphatic rings. The van der Waals surface area contributed by atoms with Crippen molar-refractivity contribution >= 4 is 5.91 Å². The summed E-state index contributed by atoms with van der Waals surface area (Å²) in [5.74, 6) is -2.28. The number of nitrogens with zero attached hydrogens (tertiary/aromatic N) is 1. The topological polar surface area (TPSA) is 32.3 Å². The number of hydrogen-bond donors (Lipinski definition) is 1. The molecular weight excluding hydrogens is 214 g/mol. The molecule has 5 heteroatoms. The van der Waals surface area contributed by atoms with E-state index in [1.165, 1.54) is 11.0 Å². The van der Waals surface area contributed by atoms with Gasteiger partial charge in [0.1, 0.15) is 0 Å². The minimum absolute atomic E-state index is 0.150. The number of carbonyl (C=O) groups excluding carboxylic acids is 1. The van der Waals surface area contributed by atoms with Gasteiger partial charge in [0.25, 0.3) is 5.91 Å². The first-order valence-corrected chi connectivity index (χ1v) is 4.91. The van der Waals surface area contributed by atoms with E-state index in [9.17, 15) is 13.6 Å². The van der Waals surface area contributed by atoms with Crippen LogP contribution < -0.4 is 5.32 Å². The van der Waals surface area contributed by atoms with Crippen LogP contribution in [0, 0.1) is 11.6 Å². The standard InChI is InChI=1S/C11H14F2N2O/c1-14-5-6-15(2)11(16)8-3-4-9(12)10(13)7-8/h3-4,7,14H,5-6H2,1-2H3. The molecule has 0 saturated carbocycles. The quantitative estimate of drug-likeness (QED) is 0.841. The number of nitrogens with one attached hydrogen (secondary N) is 1. The average Bonchev–Trinajstić information content (AvgIpc) is 2.28. The second kappa shape index (κ2) is 5.55. The molecule has 0 aliphatic carbocycles. The molecule has 3 nitrogen and oxygen atoms in total. The van der Waals surface area contributed by atoms with Gasteiger partial charge < -0.3 is 10.2 Å². The van der Waals surface area contributed by atoms with E-state index >= 15 is 0 Å². The smallest absolute Gasteiger partial charge is 0.253 e. The molecule has 0 radical (unpaired) electrons. The van der Waals surface area contributed by atoms with Crippen molar-refractivity contribution in [3.63, 3.8) is 0 Å². The van der Waals surface area contributed by atoms with E-state index < -0.39 is 11.6 Å². The Balaban J connectivity index is 2.76. The van der Waals surface area contributed by atoms with Gasteiger partial charge in [-0.3, -0.25) is 4.79 Å². The predicted molar refractivity (Wildman–Crippen MR) is 57.2 cm³/mol. The molecule has 0 fully saturated rings. The van der Waals surface area contributed by atoms with Crippen LogP contribution in [0.2, 0.25) is 0 Å². The molecule has 1 amide bonds. The van der Waals surface area contributed by atoms with E-state index in [0.717, 1.165) is 12.1 Å². The molecule has 0 aromatic heterocycles. The minimum Gasteiger partial charge on any atom is -0.340 e. The molecule has 0 bridgehead atoms. The van der Waals surface area contributed by atoms with Crippen LogP contribution in [0.1, 0.15) is 10.4 Å². The molecule has 1 aromatic rings. The summed E-state index contributed by atoms with van der Waals surface area (Å²) in [5.41, 5.74) is 0.150. The first kappa shape index (κ1) is 12.6. The summed E-state index contributed by atoms with van der Waals surface area (Å²) in [6, 6.07) is 3.14. The van der Waals surface area contributed by atoms with Crippen molar-refractivity contribution in [2.45, 2.75) is 0 Å². The zero-order valence-electron chi connectivity index (χ0n) is 9.26. The van der Waals surface area contributed by atoms with E-state index in [-0.39, 0.29) is 11.5 Å². The fourth-order valence-corrected chi connectivity index (χ4v) is 1.23. The third-order valence-corrected chi connectivity index (χ3v) is 2.21. The molecule has 16 heavy (non-hydrogen) atoms. The summed E-state index contributed by atoms with van der Waals surface area (Å²) in [5, 5.41) is 2.90. The summed E-state index contributed by atoms with van der Waals surface area (Å²) in [6.07, 6.45) is 0. The molecule has 0 heterocycles. The van der Waals surface area contributed by atoms with E-state index in [2.05, 4.69) is 5.32 Å². The Morgan fingerprint density at radius 3 is 2.62 bits per heavy atom. The third-order valence-electron chi connectivity index (χ3n) is 2.21. The maximum atomic E-state index is 12.9. The highest BCUT2D eigenvalue weighted by Crippen LogP contribution is 2.10. The lowest BCUT2D eigenvalue weighted by atomic mass is 10.2. The van der Waals surface area contributed by atoms with Crippen molar-refractivity contribution in [3.05, 3.63) is 35.4 Å². The van der Waals surface area contributed by atoms with Crippen molar-refractivity contribution in [3.8, 4) is 0 Å². The maximum Gasteiger partial charge on any atom is 0.253 e. The largest absolute Gasteiger partial charge is 0.340 e. The number of amides is 1. The van der Waals surface area contributed by atoms with Gasteiger partial charge in [0.2, 0.25) is 0 Å². The van der Waals surface area contributed by atoms with Gasteiger partial charge in [-0.05, 0) is 25.2 Å². The van der Waals surface area contributed by atoms with Crippen molar-refractivity contribution in [2.24, 2.45) is 0 Å². The monoisotopic (exact) mass is 228 g/mol. The Labute approximate surface area is 93.1 Å². The first-order valence-electron chi connectivity index (χ1n) is 4.91. The fraction of sp³-hybridized carbons (Fsp3) is 0.364. The van der Waals surface area contributed by atoms with Crippen LogP contribution in [0.3, 0.4) is 0 Å². The number of hydrogen-bond acceptors (Lipinski definition) is 2. The van der Waals surface area contributed by atoms with Gasteiger partial charge in [-0.25, -0.2) is 8.78 Å². The van der Waals surface area contributed by atoms with Gasteiger partial charge >= 0.3 is 0 Å². The fourth-order valence-electron chi connectivity index (χ4n) is 1.23. The molecular formula is C11H14F2N2O. The highest BCUT2D eigenvalue weighted by Gasteiger charge is 2.13. The minimum atomic E-state index is -1.01. The third kappa shape index (κ3) is 3.00. The van der Waals surface area contributed by atoms with Crippen LogP contribution in [0.5, 0.6) is 0 Å². The second-order valence-electron chi connectivity index (χ2n) is 3.46. The lowest BCUT2D eigenvalue weighted by Crippen LogP contribution is -2.32. The van der Waals surface area contributed by atoms with Gasteiger partial charge in [0.15, 0.2) is 11.6 Å². The summed E-state index contributed by atoms with van der Waals surface area (Å²) < 4.78 is 25.6. The van der Waals surface area contributed by atoms with Crippen LogP contribution in [0.25, 0.3) is 0 Å². The number of halogens is 2. The van der Waals surface area contributed by atoms with Gasteiger partial charge in [0, 0.05) is 25.7 Å². The lowest BCUT2D eigenvalue weighted by Gasteiger charge is -2.16. The van der Waals surface area contributed by atoms with E-state index in [1.807, 2.05) is 0 Å².